The summed E-state index contributed by atoms with van der Waals surface area (Å²) in [5.74, 6) is -0.246. The van der Waals surface area contributed by atoms with Crippen molar-refractivity contribution in [1.82, 2.24) is 4.90 Å². The zero-order valence-electron chi connectivity index (χ0n) is 20.0. The molecule has 1 saturated heterocycles. The van der Waals surface area contributed by atoms with E-state index in [1.165, 1.54) is 23.1 Å². The normalized spacial score (nSPS) is 23.5. The fourth-order valence-corrected chi connectivity index (χ4v) is 5.32. The molecule has 182 valence electrons. The summed E-state index contributed by atoms with van der Waals surface area (Å²) < 4.78 is 12.1. The largest absolute Gasteiger partial charge is 0.481 e. The monoisotopic (exact) mass is 463 g/mol. The minimum absolute atomic E-state index is 0.200. The van der Waals surface area contributed by atoms with Gasteiger partial charge in [0, 0.05) is 31.5 Å². The highest BCUT2D eigenvalue weighted by Gasteiger charge is 2.39. The first kappa shape index (κ1) is 24.6. The number of hydrogen-bond acceptors (Lipinski definition) is 4. The molecule has 0 amide bonds. The van der Waals surface area contributed by atoms with E-state index in [0.717, 1.165) is 45.6 Å². The van der Waals surface area contributed by atoms with Crippen LogP contribution < -0.4 is 0 Å². The molecule has 1 N–H and O–H groups in total. The number of carboxylic acid groups (broad SMARTS) is 1. The first-order valence-electron chi connectivity index (χ1n) is 12.7. The number of allylic oxidation sites excluding steroid dienone is 2. The van der Waals surface area contributed by atoms with Crippen molar-refractivity contribution >= 4 is 5.97 Å². The fourth-order valence-electron chi connectivity index (χ4n) is 5.32. The van der Waals surface area contributed by atoms with E-state index in [2.05, 4.69) is 59.5 Å². The number of carbonyl (C=O) groups is 1. The molecule has 2 aliphatic rings. The van der Waals surface area contributed by atoms with Crippen molar-refractivity contribution in [2.24, 2.45) is 5.92 Å². The van der Waals surface area contributed by atoms with Crippen LogP contribution >= 0.6 is 0 Å². The van der Waals surface area contributed by atoms with E-state index < -0.39 is 5.97 Å². The van der Waals surface area contributed by atoms with Crippen molar-refractivity contribution in [1.29, 1.82) is 0 Å². The predicted molar refractivity (Wildman–Crippen MR) is 135 cm³/mol. The summed E-state index contributed by atoms with van der Waals surface area (Å²) in [4.78, 5) is 13.3. The topological polar surface area (TPSA) is 59.0 Å². The average Bonchev–Trinajstić information content (AvgIpc) is 3.28. The van der Waals surface area contributed by atoms with Gasteiger partial charge in [-0.1, -0.05) is 66.7 Å². The number of morpholine rings is 1. The van der Waals surface area contributed by atoms with Gasteiger partial charge in [0.15, 0.2) is 0 Å². The molecule has 4 rings (SSSR count). The molecule has 2 aromatic carbocycles. The second-order valence-electron chi connectivity index (χ2n) is 9.35. The molecular weight excluding hydrogens is 426 g/mol. The van der Waals surface area contributed by atoms with E-state index in [0.29, 0.717) is 25.0 Å². The van der Waals surface area contributed by atoms with E-state index in [4.69, 9.17) is 14.6 Å². The first-order valence-corrected chi connectivity index (χ1v) is 12.7. The second kappa shape index (κ2) is 12.8. The van der Waals surface area contributed by atoms with Crippen LogP contribution in [0, 0.1) is 5.92 Å². The number of nitrogens with zero attached hydrogens (tertiary/aromatic N) is 1. The Balaban J connectivity index is 1.34. The first-order chi connectivity index (χ1) is 16.7. The van der Waals surface area contributed by atoms with Gasteiger partial charge in [-0.15, -0.1) is 0 Å². The van der Waals surface area contributed by atoms with Gasteiger partial charge < -0.3 is 14.6 Å². The minimum atomic E-state index is -0.738. The molecule has 1 saturated carbocycles. The third-order valence-corrected chi connectivity index (χ3v) is 7.12. The molecule has 5 nitrogen and oxygen atoms in total. The van der Waals surface area contributed by atoms with Crippen LogP contribution in [0.15, 0.2) is 66.7 Å². The predicted octanol–water partition coefficient (Wildman–Crippen LogP) is 5.55. The summed E-state index contributed by atoms with van der Waals surface area (Å²) in [6.07, 6.45) is 9.53. The number of aliphatic carboxylic acids is 1. The summed E-state index contributed by atoms with van der Waals surface area (Å²) in [7, 11) is 0. The van der Waals surface area contributed by atoms with Crippen LogP contribution in [0.1, 0.15) is 44.1 Å². The van der Waals surface area contributed by atoms with Crippen molar-refractivity contribution in [2.45, 2.75) is 57.3 Å². The van der Waals surface area contributed by atoms with Gasteiger partial charge in [-0.25, -0.2) is 0 Å². The van der Waals surface area contributed by atoms with Gasteiger partial charge in [0.25, 0.3) is 0 Å². The molecule has 0 unspecified atom stereocenters. The lowest BCUT2D eigenvalue weighted by molar-refractivity contribution is -0.136. The summed E-state index contributed by atoms with van der Waals surface area (Å²) in [5.41, 5.74) is 3.67. The van der Waals surface area contributed by atoms with Crippen molar-refractivity contribution < 1.29 is 19.4 Å². The number of carboxylic acids is 1. The second-order valence-corrected chi connectivity index (χ2v) is 9.35. The highest BCUT2D eigenvalue weighted by Crippen LogP contribution is 2.36. The van der Waals surface area contributed by atoms with E-state index in [1.54, 1.807) is 0 Å². The maximum atomic E-state index is 10.7. The molecule has 5 heteroatoms. The van der Waals surface area contributed by atoms with Crippen LogP contribution in [0.25, 0.3) is 11.1 Å². The molecule has 2 fully saturated rings. The van der Waals surface area contributed by atoms with Crippen molar-refractivity contribution in [3.63, 3.8) is 0 Å². The van der Waals surface area contributed by atoms with E-state index in [1.807, 2.05) is 12.1 Å². The number of hydrogen-bond donors (Lipinski definition) is 1. The lowest BCUT2D eigenvalue weighted by Gasteiger charge is -2.36. The minimum Gasteiger partial charge on any atom is -0.481 e. The lowest BCUT2D eigenvalue weighted by Crippen LogP contribution is -2.46. The third-order valence-electron chi connectivity index (χ3n) is 7.12. The Hall–Kier alpha value is -2.47. The summed E-state index contributed by atoms with van der Waals surface area (Å²) >= 11 is 0. The molecule has 1 aliphatic heterocycles. The van der Waals surface area contributed by atoms with Crippen LogP contribution in [-0.2, 0) is 20.9 Å². The molecular formula is C29H37NO4. The molecule has 3 atom stereocenters. The van der Waals surface area contributed by atoms with E-state index >= 15 is 0 Å². The Morgan fingerprint density at radius 3 is 2.41 bits per heavy atom. The fraction of sp³-hybridized carbons (Fsp3) is 0.483. The van der Waals surface area contributed by atoms with Crippen LogP contribution in [0.3, 0.4) is 0 Å². The van der Waals surface area contributed by atoms with Crippen molar-refractivity contribution in [3.8, 4) is 11.1 Å². The van der Waals surface area contributed by atoms with Crippen molar-refractivity contribution in [3.05, 3.63) is 72.3 Å². The van der Waals surface area contributed by atoms with E-state index in [-0.39, 0.29) is 12.5 Å². The molecule has 1 heterocycles. The van der Waals surface area contributed by atoms with Gasteiger partial charge >= 0.3 is 5.97 Å². The SMILES string of the molecule is O=C(O)CC/C=C\CC[C@H]1[C@@H](OCc2ccc(-c3ccccc3)cc2)CC[C@@H]1N1CCOCC1. The number of benzene rings is 2. The summed E-state index contributed by atoms with van der Waals surface area (Å²) in [6, 6.07) is 19.7. The third kappa shape index (κ3) is 7.02. The van der Waals surface area contributed by atoms with E-state index in [9.17, 15) is 4.79 Å². The molecule has 0 aromatic heterocycles. The van der Waals surface area contributed by atoms with Gasteiger partial charge in [-0.05, 0) is 48.8 Å². The molecule has 1 aliphatic carbocycles. The van der Waals surface area contributed by atoms with Crippen LogP contribution in [-0.4, -0.2) is 54.4 Å². The highest BCUT2D eigenvalue weighted by atomic mass is 16.5. The van der Waals surface area contributed by atoms with Crippen LogP contribution in [0.5, 0.6) is 0 Å². The zero-order valence-corrected chi connectivity index (χ0v) is 20.0. The zero-order chi connectivity index (χ0) is 23.6. The molecule has 0 spiro atoms. The summed E-state index contributed by atoms with van der Waals surface area (Å²) in [5, 5.41) is 8.82. The number of ether oxygens (including phenoxy) is 2. The average molecular weight is 464 g/mol. The molecule has 34 heavy (non-hydrogen) atoms. The maximum absolute atomic E-state index is 10.7. The Morgan fingerprint density at radius 1 is 0.971 bits per heavy atom. The van der Waals surface area contributed by atoms with Gasteiger partial charge in [0.2, 0.25) is 0 Å². The quantitative estimate of drug-likeness (QED) is 0.443. The van der Waals surface area contributed by atoms with Gasteiger partial charge in [-0.2, -0.15) is 0 Å². The standard InChI is InChI=1S/C29H37NO4/c31-29(32)11-7-2-1-6-10-26-27(30-18-20-33-21-19-30)16-17-28(26)34-22-23-12-14-25(15-13-23)24-8-4-3-5-9-24/h1-5,8-9,12-15,26-28H,6-7,10-11,16-22H2,(H,31,32)/b2-1-/t26-,27+,28+/m1/s1. The van der Waals surface area contributed by atoms with Crippen LogP contribution in [0.2, 0.25) is 0 Å². The smallest absolute Gasteiger partial charge is 0.303 e. The van der Waals surface area contributed by atoms with Gasteiger partial charge in [-0.3, -0.25) is 9.69 Å². The molecule has 0 radical (unpaired) electrons. The Labute approximate surface area is 203 Å². The Kier molecular flexibility index (Phi) is 9.31. The summed E-state index contributed by atoms with van der Waals surface area (Å²) in [6.45, 7) is 4.28. The Bertz CT molecular complexity index is 905. The van der Waals surface area contributed by atoms with Crippen molar-refractivity contribution in [2.75, 3.05) is 26.3 Å². The van der Waals surface area contributed by atoms with Crippen LogP contribution in [0.4, 0.5) is 0 Å². The van der Waals surface area contributed by atoms with Gasteiger partial charge in [0.05, 0.1) is 25.9 Å². The Morgan fingerprint density at radius 2 is 1.68 bits per heavy atom. The number of rotatable bonds is 11. The maximum Gasteiger partial charge on any atom is 0.303 e. The molecule has 2 aromatic rings. The highest BCUT2D eigenvalue weighted by molar-refractivity contribution is 5.66. The molecule has 0 bridgehead atoms. The lowest BCUT2D eigenvalue weighted by atomic mass is 9.94. The van der Waals surface area contributed by atoms with Gasteiger partial charge in [0.1, 0.15) is 0 Å².